The molecular weight excluding hydrogens is 295 g/mol. The Bertz CT molecular complexity index is 618. The highest BCUT2D eigenvalue weighted by Crippen LogP contribution is 2.34. The van der Waals surface area contributed by atoms with Crippen molar-refractivity contribution in [3.63, 3.8) is 0 Å². The maximum Gasteiger partial charge on any atom is 0.416 e. The Kier molecular flexibility index (Phi) is 4.04. The third-order valence-electron chi connectivity index (χ3n) is 3.86. The van der Waals surface area contributed by atoms with Crippen molar-refractivity contribution < 1.29 is 13.2 Å². The summed E-state index contributed by atoms with van der Waals surface area (Å²) >= 11 is 1.77. The molecule has 0 bridgehead atoms. The topological polar surface area (TPSA) is 12.0 Å². The largest absolute Gasteiger partial charge is 0.416 e. The minimum atomic E-state index is -4.28. The van der Waals surface area contributed by atoms with Gasteiger partial charge < -0.3 is 5.32 Å². The van der Waals surface area contributed by atoms with Crippen LogP contribution in [0.4, 0.5) is 13.2 Å². The highest BCUT2D eigenvalue weighted by molar-refractivity contribution is 7.10. The minimum absolute atomic E-state index is 0.259. The van der Waals surface area contributed by atoms with Gasteiger partial charge in [0.25, 0.3) is 0 Å². The lowest BCUT2D eigenvalue weighted by Gasteiger charge is -2.24. The highest BCUT2D eigenvalue weighted by atomic mass is 32.1. The van der Waals surface area contributed by atoms with Crippen LogP contribution in [0.25, 0.3) is 0 Å². The van der Waals surface area contributed by atoms with E-state index in [1.165, 1.54) is 22.6 Å². The van der Waals surface area contributed by atoms with Crippen LogP contribution in [0.1, 0.15) is 40.5 Å². The summed E-state index contributed by atoms with van der Waals surface area (Å²) in [6.07, 6.45) is -0.980. The first-order valence-electron chi connectivity index (χ1n) is 7.00. The fraction of sp³-hybridized carbons (Fsp3) is 0.375. The number of nitrogens with one attached hydrogen (secondary N) is 1. The monoisotopic (exact) mass is 311 g/mol. The molecule has 112 valence electrons. The third-order valence-corrected chi connectivity index (χ3v) is 4.86. The molecule has 0 amide bonds. The van der Waals surface area contributed by atoms with Gasteiger partial charge in [-0.25, -0.2) is 0 Å². The van der Waals surface area contributed by atoms with E-state index in [-0.39, 0.29) is 6.04 Å². The van der Waals surface area contributed by atoms with Crippen molar-refractivity contribution in [3.05, 3.63) is 57.3 Å². The van der Waals surface area contributed by atoms with Gasteiger partial charge in [-0.1, -0.05) is 18.2 Å². The number of fused-ring (bicyclic) bond motifs is 1. The molecule has 0 saturated carbocycles. The van der Waals surface area contributed by atoms with E-state index in [0.717, 1.165) is 25.3 Å². The molecule has 0 radical (unpaired) electrons. The van der Waals surface area contributed by atoms with E-state index in [2.05, 4.69) is 16.8 Å². The van der Waals surface area contributed by atoms with Crippen molar-refractivity contribution in [2.45, 2.75) is 38.0 Å². The number of aryl methyl sites for hydroxylation is 1. The lowest BCUT2D eigenvalue weighted by atomic mass is 9.94. The fourth-order valence-corrected chi connectivity index (χ4v) is 3.78. The van der Waals surface area contributed by atoms with Gasteiger partial charge in [0.2, 0.25) is 0 Å². The average Bonchev–Trinajstić information content (AvgIpc) is 2.93. The lowest BCUT2D eigenvalue weighted by Crippen LogP contribution is -2.24. The summed E-state index contributed by atoms with van der Waals surface area (Å²) in [6, 6.07) is 7.93. The van der Waals surface area contributed by atoms with E-state index in [0.29, 0.717) is 12.1 Å². The van der Waals surface area contributed by atoms with Crippen molar-refractivity contribution in [2.24, 2.45) is 0 Å². The summed E-state index contributed by atoms with van der Waals surface area (Å²) < 4.78 is 38.1. The normalized spacial score (nSPS) is 18.5. The van der Waals surface area contributed by atoms with Crippen LogP contribution in [0.15, 0.2) is 35.7 Å². The first-order chi connectivity index (χ1) is 10.0. The highest BCUT2D eigenvalue weighted by Gasteiger charge is 2.30. The molecule has 1 unspecified atom stereocenters. The zero-order valence-corrected chi connectivity index (χ0v) is 12.2. The fourth-order valence-electron chi connectivity index (χ4n) is 2.80. The van der Waals surface area contributed by atoms with E-state index in [4.69, 9.17) is 0 Å². The zero-order chi connectivity index (χ0) is 14.9. The Labute approximate surface area is 125 Å². The molecule has 2 aromatic rings. The predicted octanol–water partition coefficient (Wildman–Crippen LogP) is 4.93. The number of rotatable bonds is 3. The van der Waals surface area contributed by atoms with Gasteiger partial charge in [-0.05, 0) is 47.9 Å². The molecule has 1 N–H and O–H groups in total. The van der Waals surface area contributed by atoms with Gasteiger partial charge in [0, 0.05) is 17.5 Å². The van der Waals surface area contributed by atoms with Gasteiger partial charge >= 0.3 is 6.18 Å². The van der Waals surface area contributed by atoms with Crippen LogP contribution >= 0.6 is 11.3 Å². The van der Waals surface area contributed by atoms with E-state index < -0.39 is 11.7 Å². The number of halogens is 3. The van der Waals surface area contributed by atoms with Crippen molar-refractivity contribution in [1.82, 2.24) is 5.32 Å². The molecule has 1 atom stereocenters. The number of hydrogen-bond acceptors (Lipinski definition) is 2. The Hall–Kier alpha value is -1.33. The van der Waals surface area contributed by atoms with Crippen LogP contribution in [-0.2, 0) is 19.1 Å². The Morgan fingerprint density at radius 2 is 2.10 bits per heavy atom. The molecule has 0 spiro atoms. The van der Waals surface area contributed by atoms with Crippen LogP contribution in [-0.4, -0.2) is 0 Å². The van der Waals surface area contributed by atoms with Gasteiger partial charge in [0.15, 0.2) is 0 Å². The molecule has 1 aromatic heterocycles. The van der Waals surface area contributed by atoms with Crippen LogP contribution in [0.3, 0.4) is 0 Å². The third kappa shape index (κ3) is 3.30. The Morgan fingerprint density at radius 1 is 1.24 bits per heavy atom. The molecule has 3 rings (SSSR count). The van der Waals surface area contributed by atoms with Gasteiger partial charge in [-0.15, -0.1) is 11.3 Å². The standard InChI is InChI=1S/C16H16F3NS/c17-16(18,19)12-4-1-3-11(9-12)10-20-14-5-2-6-15-13(14)7-8-21-15/h1,3-4,7-9,14,20H,2,5-6,10H2. The van der Waals surface area contributed by atoms with Gasteiger partial charge in [-0.3, -0.25) is 0 Å². The SMILES string of the molecule is FC(F)(F)c1cccc(CNC2CCCc3sccc32)c1. The molecule has 0 saturated heterocycles. The Morgan fingerprint density at radius 3 is 2.90 bits per heavy atom. The molecule has 1 aliphatic rings. The molecule has 21 heavy (non-hydrogen) atoms. The molecule has 0 fully saturated rings. The zero-order valence-electron chi connectivity index (χ0n) is 11.4. The molecule has 1 heterocycles. The maximum atomic E-state index is 12.7. The van der Waals surface area contributed by atoms with Crippen molar-refractivity contribution in [1.29, 1.82) is 0 Å². The second kappa shape index (κ2) is 5.81. The minimum Gasteiger partial charge on any atom is -0.306 e. The molecular formula is C16H16F3NS. The van der Waals surface area contributed by atoms with Gasteiger partial charge in [0.05, 0.1) is 5.56 Å². The van der Waals surface area contributed by atoms with Gasteiger partial charge in [-0.2, -0.15) is 13.2 Å². The average molecular weight is 311 g/mol. The van der Waals surface area contributed by atoms with E-state index in [1.807, 2.05) is 0 Å². The first-order valence-corrected chi connectivity index (χ1v) is 7.88. The van der Waals surface area contributed by atoms with E-state index in [9.17, 15) is 13.2 Å². The van der Waals surface area contributed by atoms with Crippen LogP contribution in [0.2, 0.25) is 0 Å². The number of alkyl halides is 3. The summed E-state index contributed by atoms with van der Waals surface area (Å²) in [5.74, 6) is 0. The van der Waals surface area contributed by atoms with E-state index in [1.54, 1.807) is 17.4 Å². The summed E-state index contributed by atoms with van der Waals surface area (Å²) in [6.45, 7) is 0.462. The Balaban J connectivity index is 1.69. The van der Waals surface area contributed by atoms with Crippen LogP contribution in [0, 0.1) is 0 Å². The molecule has 1 aromatic carbocycles. The van der Waals surface area contributed by atoms with Gasteiger partial charge in [0.1, 0.15) is 0 Å². The van der Waals surface area contributed by atoms with Crippen LogP contribution in [0.5, 0.6) is 0 Å². The predicted molar refractivity (Wildman–Crippen MR) is 78.3 cm³/mol. The van der Waals surface area contributed by atoms with Crippen molar-refractivity contribution in [2.75, 3.05) is 0 Å². The maximum absolute atomic E-state index is 12.7. The van der Waals surface area contributed by atoms with Crippen LogP contribution < -0.4 is 5.32 Å². The first kappa shape index (κ1) is 14.6. The summed E-state index contributed by atoms with van der Waals surface area (Å²) in [5, 5.41) is 5.49. The summed E-state index contributed by atoms with van der Waals surface area (Å²) in [7, 11) is 0. The lowest BCUT2D eigenvalue weighted by molar-refractivity contribution is -0.137. The number of hydrogen-bond donors (Lipinski definition) is 1. The number of benzene rings is 1. The second-order valence-electron chi connectivity index (χ2n) is 5.32. The molecule has 5 heteroatoms. The molecule has 1 nitrogen and oxygen atoms in total. The molecule has 0 aliphatic heterocycles. The van der Waals surface area contributed by atoms with Crippen molar-refractivity contribution >= 4 is 11.3 Å². The quantitative estimate of drug-likeness (QED) is 0.847. The summed E-state index contributed by atoms with van der Waals surface area (Å²) in [5.41, 5.74) is 1.41. The molecule has 1 aliphatic carbocycles. The smallest absolute Gasteiger partial charge is 0.306 e. The number of thiophene rings is 1. The van der Waals surface area contributed by atoms with E-state index >= 15 is 0 Å². The summed E-state index contributed by atoms with van der Waals surface area (Å²) in [4.78, 5) is 1.41. The second-order valence-corrected chi connectivity index (χ2v) is 6.32. The van der Waals surface area contributed by atoms with Crippen molar-refractivity contribution in [3.8, 4) is 0 Å².